The summed E-state index contributed by atoms with van der Waals surface area (Å²) in [6, 6.07) is 7.18. The van der Waals surface area contributed by atoms with Crippen LogP contribution in [0.1, 0.15) is 24.8 Å². The van der Waals surface area contributed by atoms with Gasteiger partial charge in [-0.3, -0.25) is 14.4 Å². The Morgan fingerprint density at radius 3 is 2.67 bits per heavy atom. The van der Waals surface area contributed by atoms with E-state index in [4.69, 9.17) is 9.47 Å². The van der Waals surface area contributed by atoms with Crippen molar-refractivity contribution in [1.82, 2.24) is 10.6 Å². The number of benzene rings is 1. The van der Waals surface area contributed by atoms with E-state index in [-0.39, 0.29) is 22.3 Å². The maximum absolute atomic E-state index is 12.8. The van der Waals surface area contributed by atoms with Crippen LogP contribution < -0.4 is 15.4 Å². The zero-order valence-electron chi connectivity index (χ0n) is 16.8. The number of hydrogen-bond acceptors (Lipinski definition) is 7. The molecule has 2 rings (SSSR count). The maximum Gasteiger partial charge on any atom is 0.319 e. The van der Waals surface area contributed by atoms with Crippen molar-refractivity contribution in [3.05, 3.63) is 38.8 Å². The van der Waals surface area contributed by atoms with Gasteiger partial charge in [-0.1, -0.05) is 24.8 Å². The minimum atomic E-state index is -1.23. The normalized spacial score (nSPS) is 18.3. The molecular weight excluding hydrogens is 474 g/mol. The minimum Gasteiger partial charge on any atom is -0.496 e. The molecule has 8 nitrogen and oxygen atoms in total. The molecular formula is C20H22BrN3O5S. The fourth-order valence-electron chi connectivity index (χ4n) is 3.01. The molecule has 0 aliphatic carbocycles. The van der Waals surface area contributed by atoms with Crippen LogP contribution in [0.5, 0.6) is 5.75 Å². The lowest BCUT2D eigenvalue weighted by atomic mass is 9.78. The first kappa shape index (κ1) is 23.8. The van der Waals surface area contributed by atoms with Crippen molar-refractivity contribution in [2.45, 2.75) is 19.3 Å². The van der Waals surface area contributed by atoms with Crippen LogP contribution in [-0.2, 0) is 19.1 Å². The Bertz CT molecular complexity index is 912. The molecule has 1 aliphatic heterocycles. The predicted molar refractivity (Wildman–Crippen MR) is 115 cm³/mol. The number of methoxy groups -OCH3 is 2. The van der Waals surface area contributed by atoms with Crippen molar-refractivity contribution in [3.63, 3.8) is 0 Å². The smallest absolute Gasteiger partial charge is 0.319 e. The molecule has 0 fully saturated rings. The second kappa shape index (κ2) is 11.0. The van der Waals surface area contributed by atoms with E-state index < -0.39 is 23.7 Å². The molecule has 0 aromatic heterocycles. The van der Waals surface area contributed by atoms with Crippen molar-refractivity contribution in [2.75, 3.05) is 26.5 Å². The lowest BCUT2D eigenvalue weighted by Crippen LogP contribution is -2.44. The third-order valence-electron chi connectivity index (χ3n) is 4.44. The van der Waals surface area contributed by atoms with E-state index in [9.17, 15) is 19.6 Å². The standard InChI is InChI=1S/C20H22BrN3O5S/c1-4-7-23-15(25)10-30-19-12(9-22)16(17(18(26)24-19)20(27)29-3)11-5-6-14(28-2)13(21)8-11/h5-6,8,16-17H,4,7,10H2,1-3H3,(H,23,25)(H,24,26)/t16-,17+/m0/s1. The van der Waals surface area contributed by atoms with Crippen LogP contribution in [0, 0.1) is 17.2 Å². The number of nitrogens with zero attached hydrogens (tertiary/aromatic N) is 1. The predicted octanol–water partition coefficient (Wildman–Crippen LogP) is 2.45. The van der Waals surface area contributed by atoms with E-state index >= 15 is 0 Å². The fraction of sp³-hybridized carbons (Fsp3) is 0.400. The SMILES string of the molecule is CCCNC(=O)CSC1=C(C#N)[C@H](c2ccc(OC)c(Br)c2)[C@@H](C(=O)OC)C(=O)N1. The number of esters is 1. The maximum atomic E-state index is 12.8. The number of rotatable bonds is 8. The molecule has 0 unspecified atom stereocenters. The number of amides is 2. The number of halogens is 1. The van der Waals surface area contributed by atoms with E-state index in [1.807, 2.05) is 6.92 Å². The summed E-state index contributed by atoms with van der Waals surface area (Å²) in [4.78, 5) is 37.1. The molecule has 0 saturated carbocycles. The van der Waals surface area contributed by atoms with E-state index in [1.54, 1.807) is 18.2 Å². The number of ether oxygens (including phenoxy) is 2. The van der Waals surface area contributed by atoms with Gasteiger partial charge in [0.25, 0.3) is 0 Å². The van der Waals surface area contributed by atoms with Crippen LogP contribution in [-0.4, -0.2) is 44.3 Å². The van der Waals surface area contributed by atoms with Crippen LogP contribution in [0.25, 0.3) is 0 Å². The molecule has 0 radical (unpaired) electrons. The number of carbonyl (C=O) groups is 3. The van der Waals surface area contributed by atoms with Gasteiger partial charge in [-0.25, -0.2) is 0 Å². The summed E-state index contributed by atoms with van der Waals surface area (Å²) >= 11 is 4.44. The summed E-state index contributed by atoms with van der Waals surface area (Å²) in [7, 11) is 2.71. The second-order valence-electron chi connectivity index (χ2n) is 6.35. The molecule has 0 spiro atoms. The lowest BCUT2D eigenvalue weighted by Gasteiger charge is -2.31. The van der Waals surface area contributed by atoms with E-state index in [2.05, 4.69) is 32.6 Å². The molecule has 2 atom stereocenters. The highest BCUT2D eigenvalue weighted by Crippen LogP contribution is 2.41. The van der Waals surface area contributed by atoms with Gasteiger partial charge in [-0.15, -0.1) is 0 Å². The summed E-state index contributed by atoms with van der Waals surface area (Å²) < 4.78 is 10.7. The Balaban J connectivity index is 2.48. The molecule has 1 aromatic carbocycles. The van der Waals surface area contributed by atoms with Gasteiger partial charge in [0.05, 0.1) is 41.1 Å². The molecule has 1 heterocycles. The Morgan fingerprint density at radius 2 is 2.10 bits per heavy atom. The molecule has 0 bridgehead atoms. The lowest BCUT2D eigenvalue weighted by molar-refractivity contribution is -0.150. The summed E-state index contributed by atoms with van der Waals surface area (Å²) in [6.07, 6.45) is 0.800. The molecule has 2 amide bonds. The van der Waals surface area contributed by atoms with E-state index in [0.717, 1.165) is 18.2 Å². The zero-order chi connectivity index (χ0) is 22.3. The Labute approximate surface area is 187 Å². The summed E-state index contributed by atoms with van der Waals surface area (Å²) in [5.41, 5.74) is 0.758. The second-order valence-corrected chi connectivity index (χ2v) is 8.19. The van der Waals surface area contributed by atoms with Gasteiger partial charge in [0.15, 0.2) is 0 Å². The Morgan fingerprint density at radius 1 is 1.37 bits per heavy atom. The molecule has 10 heteroatoms. The third kappa shape index (κ3) is 5.34. The number of nitriles is 1. The molecule has 160 valence electrons. The van der Waals surface area contributed by atoms with Gasteiger partial charge in [-0.05, 0) is 40.0 Å². The molecule has 30 heavy (non-hydrogen) atoms. The highest BCUT2D eigenvalue weighted by Gasteiger charge is 2.44. The van der Waals surface area contributed by atoms with Crippen molar-refractivity contribution < 1.29 is 23.9 Å². The minimum absolute atomic E-state index is 0.0305. The average molecular weight is 496 g/mol. The first-order chi connectivity index (χ1) is 14.4. The number of allylic oxidation sites excluding steroid dienone is 1. The average Bonchev–Trinajstić information content (AvgIpc) is 2.74. The van der Waals surface area contributed by atoms with Crippen molar-refractivity contribution in [1.29, 1.82) is 5.26 Å². The molecule has 1 aliphatic rings. The third-order valence-corrected chi connectivity index (χ3v) is 6.08. The van der Waals surface area contributed by atoms with Crippen LogP contribution in [0.15, 0.2) is 33.3 Å². The van der Waals surface area contributed by atoms with Gasteiger partial charge in [0.1, 0.15) is 11.7 Å². The number of hydrogen-bond donors (Lipinski definition) is 2. The summed E-state index contributed by atoms with van der Waals surface area (Å²) in [5, 5.41) is 15.5. The van der Waals surface area contributed by atoms with E-state index in [1.165, 1.54) is 14.2 Å². The van der Waals surface area contributed by atoms with E-state index in [0.29, 0.717) is 22.3 Å². The fourth-order valence-corrected chi connectivity index (χ4v) is 4.45. The molecule has 2 N–H and O–H groups in total. The van der Waals surface area contributed by atoms with Crippen LogP contribution in [0.3, 0.4) is 0 Å². The zero-order valence-corrected chi connectivity index (χ0v) is 19.2. The van der Waals surface area contributed by atoms with Crippen LogP contribution in [0.2, 0.25) is 0 Å². The monoisotopic (exact) mass is 495 g/mol. The Hall–Kier alpha value is -2.51. The quantitative estimate of drug-likeness (QED) is 0.420. The highest BCUT2D eigenvalue weighted by molar-refractivity contribution is 9.10. The largest absolute Gasteiger partial charge is 0.496 e. The summed E-state index contributed by atoms with van der Waals surface area (Å²) in [6.45, 7) is 2.48. The first-order valence-corrected chi connectivity index (χ1v) is 10.9. The van der Waals surface area contributed by atoms with Gasteiger partial charge in [-0.2, -0.15) is 5.26 Å². The van der Waals surface area contributed by atoms with Gasteiger partial charge >= 0.3 is 5.97 Å². The van der Waals surface area contributed by atoms with Crippen LogP contribution >= 0.6 is 27.7 Å². The van der Waals surface area contributed by atoms with Crippen LogP contribution in [0.4, 0.5) is 0 Å². The van der Waals surface area contributed by atoms with Crippen molar-refractivity contribution in [3.8, 4) is 11.8 Å². The van der Waals surface area contributed by atoms with Gasteiger partial charge in [0.2, 0.25) is 11.8 Å². The molecule has 0 saturated heterocycles. The molecule has 1 aromatic rings. The number of thioether (sulfide) groups is 1. The first-order valence-electron chi connectivity index (χ1n) is 9.13. The van der Waals surface area contributed by atoms with Crippen molar-refractivity contribution >= 4 is 45.5 Å². The number of nitrogens with one attached hydrogen (secondary N) is 2. The Kier molecular flexibility index (Phi) is 8.74. The van der Waals surface area contributed by atoms with Gasteiger partial charge < -0.3 is 20.1 Å². The van der Waals surface area contributed by atoms with Crippen molar-refractivity contribution in [2.24, 2.45) is 5.92 Å². The van der Waals surface area contributed by atoms with Gasteiger partial charge in [0, 0.05) is 12.5 Å². The highest BCUT2D eigenvalue weighted by atomic mass is 79.9. The number of carbonyl (C=O) groups excluding carboxylic acids is 3. The summed E-state index contributed by atoms with van der Waals surface area (Å²) in [5.74, 6) is -3.04. The topological polar surface area (TPSA) is 118 Å².